The van der Waals surface area contributed by atoms with Gasteiger partial charge >= 0.3 is 7.82 Å². The van der Waals surface area contributed by atoms with E-state index < -0.39 is 31.4 Å². The largest absolute Gasteiger partial charge is 0.476 e. The molecule has 5 aliphatic heterocycles. The Kier molecular flexibility index (Phi) is 19.8. The third-order valence-corrected chi connectivity index (χ3v) is 21.5. The highest BCUT2D eigenvalue weighted by Gasteiger charge is 2.60. The maximum atomic E-state index is 13.8. The topological polar surface area (TPSA) is 100 Å². The normalized spacial score (nSPS) is 42.2. The number of ether oxygens (including phenoxy) is 6. The zero-order valence-corrected chi connectivity index (χ0v) is 47.0. The molecular weight excluding hydrogens is 916 g/mol. The van der Waals surface area contributed by atoms with E-state index >= 15 is 0 Å². The van der Waals surface area contributed by atoms with Gasteiger partial charge < -0.3 is 28.4 Å². The van der Waals surface area contributed by atoms with Crippen molar-refractivity contribution >= 4 is 31.3 Å². The molecular formula is C55H89O10PS2. The van der Waals surface area contributed by atoms with Crippen LogP contribution in [0.5, 0.6) is 0 Å². The molecule has 5 aliphatic rings. The van der Waals surface area contributed by atoms with Crippen molar-refractivity contribution in [1.29, 1.82) is 0 Å². The van der Waals surface area contributed by atoms with E-state index in [1.54, 1.807) is 11.8 Å². The van der Waals surface area contributed by atoms with E-state index in [0.29, 0.717) is 29.6 Å². The van der Waals surface area contributed by atoms with Gasteiger partial charge in [0.1, 0.15) is 28.2 Å². The van der Waals surface area contributed by atoms with Crippen LogP contribution >= 0.6 is 31.3 Å². The Bertz CT molecular complexity index is 1870. The van der Waals surface area contributed by atoms with E-state index in [1.807, 2.05) is 45.5 Å². The van der Waals surface area contributed by atoms with Crippen LogP contribution in [0.3, 0.4) is 0 Å². The van der Waals surface area contributed by atoms with E-state index in [1.165, 1.54) is 9.79 Å². The van der Waals surface area contributed by atoms with Gasteiger partial charge in [-0.3, -0.25) is 13.6 Å². The fourth-order valence-electron chi connectivity index (χ4n) is 10.5. The first-order valence-corrected chi connectivity index (χ1v) is 29.4. The fourth-order valence-corrected chi connectivity index (χ4v) is 15.3. The second kappa shape index (κ2) is 23.9. The Morgan fingerprint density at radius 1 is 0.456 bits per heavy atom. The smallest absolute Gasteiger partial charge is 0.361 e. The van der Waals surface area contributed by atoms with Crippen molar-refractivity contribution in [3.63, 3.8) is 0 Å². The van der Waals surface area contributed by atoms with Crippen molar-refractivity contribution in [2.24, 2.45) is 53.3 Å². The van der Waals surface area contributed by atoms with Gasteiger partial charge in [-0.05, 0) is 125 Å². The molecule has 2 aromatic rings. The number of benzene rings is 2. The van der Waals surface area contributed by atoms with Crippen LogP contribution in [-0.2, 0) is 46.6 Å². The van der Waals surface area contributed by atoms with Crippen LogP contribution in [-0.4, -0.2) is 77.4 Å². The summed E-state index contributed by atoms with van der Waals surface area (Å²) < 4.78 is 71.8. The maximum Gasteiger partial charge on any atom is 0.476 e. The summed E-state index contributed by atoms with van der Waals surface area (Å²) in [6.45, 7) is 36.5. The first-order chi connectivity index (χ1) is 32.1. The molecule has 68 heavy (non-hydrogen) atoms. The molecule has 10 nitrogen and oxygen atoms in total. The van der Waals surface area contributed by atoms with Crippen LogP contribution in [0.15, 0.2) is 70.5 Å². The van der Waals surface area contributed by atoms with Gasteiger partial charge in [0, 0.05) is 15.7 Å². The monoisotopic (exact) mass is 1000 g/mol. The average molecular weight is 1010 g/mol. The molecule has 0 aromatic heterocycles. The summed E-state index contributed by atoms with van der Waals surface area (Å²) in [4.78, 5) is 2.46. The van der Waals surface area contributed by atoms with Crippen molar-refractivity contribution in [3.05, 3.63) is 60.7 Å². The van der Waals surface area contributed by atoms with Crippen LogP contribution < -0.4 is 0 Å². The summed E-state index contributed by atoms with van der Waals surface area (Å²) in [6, 6.07) is 21.0. The van der Waals surface area contributed by atoms with Gasteiger partial charge in [0.05, 0.1) is 36.6 Å². The SMILES string of the molecule is CCC1OC(OC2C(CC)OC(Sc3ccccc3)C(C)C2C)C(C)C(C)C1C.CCC1OC(OC2C(CC)OC(Sc3ccccc3)C(C)C2C)C(OP2(=O)OC(C)(C)C(C)(C)O2)C(C)C1C. The number of phosphoric acid groups is 1. The summed E-state index contributed by atoms with van der Waals surface area (Å²) in [6.07, 6.45) is 2.34. The van der Waals surface area contributed by atoms with E-state index in [0.717, 1.165) is 25.7 Å². The van der Waals surface area contributed by atoms with Crippen LogP contribution in [0.4, 0.5) is 0 Å². The van der Waals surface area contributed by atoms with Gasteiger partial charge in [-0.2, -0.15) is 0 Å². The van der Waals surface area contributed by atoms with E-state index in [2.05, 4.69) is 145 Å². The number of hydrogen-bond acceptors (Lipinski definition) is 12. The van der Waals surface area contributed by atoms with Crippen LogP contribution in [0.25, 0.3) is 0 Å². The zero-order valence-electron chi connectivity index (χ0n) is 44.5. The molecule has 386 valence electrons. The molecule has 0 saturated carbocycles. The highest BCUT2D eigenvalue weighted by molar-refractivity contribution is 8.00. The molecule has 0 amide bonds. The summed E-state index contributed by atoms with van der Waals surface area (Å²) in [7, 11) is -3.86. The second-order valence-electron chi connectivity index (χ2n) is 21.8. The minimum absolute atomic E-state index is 0.00258. The highest BCUT2D eigenvalue weighted by Crippen LogP contribution is 2.66. The van der Waals surface area contributed by atoms with Crippen LogP contribution in [0.1, 0.15) is 143 Å². The lowest BCUT2D eigenvalue weighted by Gasteiger charge is -2.49. The zero-order chi connectivity index (χ0) is 49.9. The minimum atomic E-state index is -3.86. The molecule has 5 fully saturated rings. The van der Waals surface area contributed by atoms with E-state index in [9.17, 15) is 4.57 Å². The third-order valence-electron chi connectivity index (χ3n) is 17.0. The lowest BCUT2D eigenvalue weighted by molar-refractivity contribution is -0.307. The molecule has 13 heteroatoms. The van der Waals surface area contributed by atoms with Crippen molar-refractivity contribution < 1.29 is 46.6 Å². The Morgan fingerprint density at radius 3 is 1.24 bits per heavy atom. The Labute approximate surface area is 420 Å². The van der Waals surface area contributed by atoms with Crippen molar-refractivity contribution in [1.82, 2.24) is 0 Å². The standard InChI is InChI=1S/C30H49O7PS.C25H40O3S/c1-11-23-18(3)19(4)26(35-38(31)36-29(7,8)30(9,10)37-38)27(32-23)34-25-20(5)21(6)28(33-24(25)12-2)39-22-16-14-13-15-17-22;1-8-21-16(4)15(3)18(6)24(26-21)28-23-17(5)19(7)25(27-22(23)9-2)29-20-13-11-10-12-14-20/h13-21,23-28H,11-12H2,1-10H3;10-19,21-25H,8-9H2,1-7H3. The predicted molar refractivity (Wildman–Crippen MR) is 275 cm³/mol. The molecule has 5 saturated heterocycles. The van der Waals surface area contributed by atoms with Gasteiger partial charge in [0.25, 0.3) is 0 Å². The lowest BCUT2D eigenvalue weighted by atomic mass is 9.78. The molecule has 20 unspecified atom stereocenters. The second-order valence-corrected chi connectivity index (χ2v) is 25.6. The summed E-state index contributed by atoms with van der Waals surface area (Å²) in [5, 5.41) is 0. The average Bonchev–Trinajstić information content (AvgIpc) is 3.48. The van der Waals surface area contributed by atoms with Crippen molar-refractivity contribution in [2.45, 2.75) is 231 Å². The minimum Gasteiger partial charge on any atom is -0.361 e. The molecule has 0 spiro atoms. The van der Waals surface area contributed by atoms with Gasteiger partial charge in [0.2, 0.25) is 0 Å². The summed E-state index contributed by atoms with van der Waals surface area (Å²) in [5.74, 6) is 3.03. The number of phosphoric ester groups is 1. The molecule has 0 radical (unpaired) electrons. The molecule has 20 atom stereocenters. The quantitative estimate of drug-likeness (QED) is 0.168. The number of hydrogen-bond donors (Lipinski definition) is 0. The molecule has 0 bridgehead atoms. The van der Waals surface area contributed by atoms with Crippen LogP contribution in [0.2, 0.25) is 0 Å². The number of thioether (sulfide) groups is 2. The summed E-state index contributed by atoms with van der Waals surface area (Å²) >= 11 is 3.61. The molecule has 0 N–H and O–H groups in total. The predicted octanol–water partition coefficient (Wildman–Crippen LogP) is 14.7. The van der Waals surface area contributed by atoms with Crippen LogP contribution in [0, 0.1) is 53.3 Å². The highest BCUT2D eigenvalue weighted by atomic mass is 32.2. The molecule has 0 aliphatic carbocycles. The lowest BCUT2D eigenvalue weighted by Crippen LogP contribution is -2.56. The van der Waals surface area contributed by atoms with E-state index in [-0.39, 0.29) is 77.5 Å². The summed E-state index contributed by atoms with van der Waals surface area (Å²) in [5.41, 5.74) is -1.36. The van der Waals surface area contributed by atoms with Gasteiger partial charge in [-0.25, -0.2) is 4.57 Å². The Morgan fingerprint density at radius 2 is 0.824 bits per heavy atom. The van der Waals surface area contributed by atoms with Crippen molar-refractivity contribution in [2.75, 3.05) is 0 Å². The first kappa shape index (κ1) is 56.3. The third kappa shape index (κ3) is 12.7. The Hall–Kier alpha value is -0.990. The molecule has 2 aromatic carbocycles. The molecule has 5 heterocycles. The van der Waals surface area contributed by atoms with Gasteiger partial charge in [-0.15, -0.1) is 0 Å². The van der Waals surface area contributed by atoms with Crippen molar-refractivity contribution in [3.8, 4) is 0 Å². The Balaban J connectivity index is 0.000000234. The first-order valence-electron chi connectivity index (χ1n) is 26.1. The van der Waals surface area contributed by atoms with Gasteiger partial charge in [-0.1, -0.05) is 150 Å². The number of rotatable bonds is 14. The fraction of sp³-hybridized carbons (Fsp3) is 0.782. The van der Waals surface area contributed by atoms with E-state index in [4.69, 9.17) is 42.0 Å². The molecule has 7 rings (SSSR count). The van der Waals surface area contributed by atoms with Gasteiger partial charge in [0.15, 0.2) is 12.6 Å². The maximum absolute atomic E-state index is 13.8.